The van der Waals surface area contributed by atoms with Gasteiger partial charge in [0, 0.05) is 19.2 Å². The van der Waals surface area contributed by atoms with Crippen LogP contribution >= 0.6 is 0 Å². The van der Waals surface area contributed by atoms with Gasteiger partial charge in [-0.2, -0.15) is 13.2 Å². The Kier molecular flexibility index (Phi) is 7.12. The largest absolute Gasteiger partial charge is 0.411 e. The fourth-order valence-electron chi connectivity index (χ4n) is 1.36. The van der Waals surface area contributed by atoms with Crippen LogP contribution in [0, 0.1) is 0 Å². The summed E-state index contributed by atoms with van der Waals surface area (Å²) in [4.78, 5) is 8.22. The molecule has 1 rings (SSSR count). The van der Waals surface area contributed by atoms with Crippen molar-refractivity contribution in [3.05, 3.63) is 11.9 Å². The van der Waals surface area contributed by atoms with Gasteiger partial charge in [0.15, 0.2) is 5.82 Å². The lowest BCUT2D eigenvalue weighted by Crippen LogP contribution is -2.20. The molecule has 0 saturated heterocycles. The zero-order valence-corrected chi connectivity index (χ0v) is 11.5. The van der Waals surface area contributed by atoms with Crippen molar-refractivity contribution >= 4 is 11.6 Å². The van der Waals surface area contributed by atoms with E-state index in [1.54, 1.807) is 0 Å². The van der Waals surface area contributed by atoms with Crippen LogP contribution in [0.4, 0.5) is 24.8 Å². The number of nitrogens with zero attached hydrogens (tertiary/aromatic N) is 2. The normalized spacial score (nSPS) is 11.5. The third kappa shape index (κ3) is 7.63. The third-order valence-corrected chi connectivity index (χ3v) is 2.17. The summed E-state index contributed by atoms with van der Waals surface area (Å²) < 4.78 is 45.3. The number of hydrogen-bond donors (Lipinski definition) is 3. The molecule has 1 aromatic heterocycles. The standard InChI is InChI=1S/C11H18F3N5O2/c1-2-20-6-10-17-8(5-9(18-10)19-15)16-3-4-21-7-11(12,13)14/h5H,2-4,6-7,15H2,1H3,(H2,16,17,18,19). The zero-order valence-electron chi connectivity index (χ0n) is 11.5. The van der Waals surface area contributed by atoms with Gasteiger partial charge in [-0.05, 0) is 6.92 Å². The summed E-state index contributed by atoms with van der Waals surface area (Å²) in [6.45, 7) is 1.36. The minimum atomic E-state index is -4.32. The van der Waals surface area contributed by atoms with Crippen molar-refractivity contribution < 1.29 is 22.6 Å². The van der Waals surface area contributed by atoms with Gasteiger partial charge < -0.3 is 20.2 Å². The molecule has 120 valence electrons. The van der Waals surface area contributed by atoms with Gasteiger partial charge in [-0.25, -0.2) is 15.8 Å². The van der Waals surface area contributed by atoms with Crippen molar-refractivity contribution in [2.45, 2.75) is 19.7 Å². The number of nitrogens with two attached hydrogens (primary N) is 1. The number of rotatable bonds is 9. The molecule has 0 saturated carbocycles. The first-order chi connectivity index (χ1) is 9.94. The quantitative estimate of drug-likeness (QED) is 0.359. The molecule has 0 radical (unpaired) electrons. The molecule has 21 heavy (non-hydrogen) atoms. The summed E-state index contributed by atoms with van der Waals surface area (Å²) in [6.07, 6.45) is -4.32. The van der Waals surface area contributed by atoms with Gasteiger partial charge >= 0.3 is 6.18 Å². The molecule has 0 aromatic carbocycles. The van der Waals surface area contributed by atoms with Crippen LogP contribution in [0.15, 0.2) is 6.07 Å². The highest BCUT2D eigenvalue weighted by Crippen LogP contribution is 2.14. The monoisotopic (exact) mass is 309 g/mol. The minimum Gasteiger partial charge on any atom is -0.374 e. The molecule has 10 heteroatoms. The summed E-state index contributed by atoms with van der Waals surface area (Å²) in [5.74, 6) is 6.48. The number of hydrogen-bond acceptors (Lipinski definition) is 7. The molecule has 0 amide bonds. The fourth-order valence-corrected chi connectivity index (χ4v) is 1.36. The minimum absolute atomic E-state index is 0.101. The number of nitrogens with one attached hydrogen (secondary N) is 2. The van der Waals surface area contributed by atoms with Crippen LogP contribution in [0.25, 0.3) is 0 Å². The maximum absolute atomic E-state index is 11.9. The molecule has 0 aliphatic heterocycles. The maximum Gasteiger partial charge on any atom is 0.411 e. The Morgan fingerprint density at radius 3 is 2.57 bits per heavy atom. The van der Waals surface area contributed by atoms with Gasteiger partial charge in [0.2, 0.25) is 0 Å². The van der Waals surface area contributed by atoms with Crippen LogP contribution < -0.4 is 16.6 Å². The number of alkyl halides is 3. The number of hydrazine groups is 1. The van der Waals surface area contributed by atoms with E-state index in [1.807, 2.05) is 6.92 Å². The van der Waals surface area contributed by atoms with E-state index in [0.29, 0.717) is 24.1 Å². The molecule has 0 spiro atoms. The molecular formula is C11H18F3N5O2. The third-order valence-electron chi connectivity index (χ3n) is 2.17. The summed E-state index contributed by atoms with van der Waals surface area (Å²) in [6, 6.07) is 1.53. The first-order valence-electron chi connectivity index (χ1n) is 6.25. The lowest BCUT2D eigenvalue weighted by Gasteiger charge is -2.11. The van der Waals surface area contributed by atoms with Gasteiger partial charge in [-0.1, -0.05) is 0 Å². The Morgan fingerprint density at radius 1 is 1.24 bits per heavy atom. The van der Waals surface area contributed by atoms with Crippen molar-refractivity contribution in [1.29, 1.82) is 0 Å². The topological polar surface area (TPSA) is 94.3 Å². The Hall–Kier alpha value is -1.65. The van der Waals surface area contributed by atoms with E-state index < -0.39 is 12.8 Å². The highest BCUT2D eigenvalue weighted by molar-refractivity contribution is 5.46. The van der Waals surface area contributed by atoms with E-state index in [0.717, 1.165) is 0 Å². The number of nitrogen functional groups attached to an aromatic ring is 1. The second-order valence-corrected chi connectivity index (χ2v) is 3.93. The highest BCUT2D eigenvalue weighted by Gasteiger charge is 2.27. The SMILES string of the molecule is CCOCc1nc(NN)cc(NCCOCC(F)(F)F)n1. The average molecular weight is 309 g/mol. The van der Waals surface area contributed by atoms with Gasteiger partial charge in [0.25, 0.3) is 0 Å². The molecule has 0 aliphatic carbocycles. The predicted octanol–water partition coefficient (Wildman–Crippen LogP) is 1.29. The molecule has 4 N–H and O–H groups in total. The van der Waals surface area contributed by atoms with Crippen molar-refractivity contribution in [1.82, 2.24) is 9.97 Å². The average Bonchev–Trinajstić information content (AvgIpc) is 2.43. The van der Waals surface area contributed by atoms with Gasteiger partial charge in [-0.15, -0.1) is 0 Å². The van der Waals surface area contributed by atoms with E-state index in [9.17, 15) is 13.2 Å². The van der Waals surface area contributed by atoms with Crippen molar-refractivity contribution in [3.63, 3.8) is 0 Å². The molecule has 0 fully saturated rings. The smallest absolute Gasteiger partial charge is 0.374 e. The molecule has 0 atom stereocenters. The Balaban J connectivity index is 2.46. The summed E-state index contributed by atoms with van der Waals surface area (Å²) in [7, 11) is 0. The van der Waals surface area contributed by atoms with Crippen LogP contribution in [0.3, 0.4) is 0 Å². The Labute approximate surface area is 120 Å². The predicted molar refractivity (Wildman–Crippen MR) is 70.5 cm³/mol. The first kappa shape index (κ1) is 17.4. The second kappa shape index (κ2) is 8.60. The van der Waals surface area contributed by atoms with Gasteiger partial charge in [0.1, 0.15) is 24.8 Å². The van der Waals surface area contributed by atoms with Crippen LogP contribution in [0.1, 0.15) is 12.7 Å². The molecule has 0 aliphatic rings. The van der Waals surface area contributed by atoms with Crippen LogP contribution in [-0.2, 0) is 16.1 Å². The highest BCUT2D eigenvalue weighted by atomic mass is 19.4. The number of anilines is 2. The molecular weight excluding hydrogens is 291 g/mol. The second-order valence-electron chi connectivity index (χ2n) is 3.93. The lowest BCUT2D eigenvalue weighted by atomic mass is 10.4. The van der Waals surface area contributed by atoms with E-state index in [1.165, 1.54) is 6.07 Å². The molecule has 1 heterocycles. The summed E-state index contributed by atoms with van der Waals surface area (Å²) in [5, 5.41) is 2.83. The first-order valence-corrected chi connectivity index (χ1v) is 6.25. The zero-order chi connectivity index (χ0) is 15.7. The summed E-state index contributed by atoms with van der Waals surface area (Å²) in [5.41, 5.74) is 2.38. The van der Waals surface area contributed by atoms with Crippen molar-refractivity contribution in [3.8, 4) is 0 Å². The number of ether oxygens (including phenoxy) is 2. The molecule has 7 nitrogen and oxygen atoms in total. The van der Waals surface area contributed by atoms with Crippen LogP contribution in [-0.4, -0.2) is 42.5 Å². The fraction of sp³-hybridized carbons (Fsp3) is 0.636. The van der Waals surface area contributed by atoms with Crippen molar-refractivity contribution in [2.24, 2.45) is 5.84 Å². The van der Waals surface area contributed by atoms with Gasteiger partial charge in [-0.3, -0.25) is 0 Å². The lowest BCUT2D eigenvalue weighted by molar-refractivity contribution is -0.172. The number of halogens is 3. The van der Waals surface area contributed by atoms with E-state index in [4.69, 9.17) is 10.6 Å². The Bertz CT molecular complexity index is 431. The molecule has 1 aromatic rings. The molecule has 0 bridgehead atoms. The maximum atomic E-state index is 11.9. The van der Waals surface area contributed by atoms with Crippen molar-refractivity contribution in [2.75, 3.05) is 37.1 Å². The summed E-state index contributed by atoms with van der Waals surface area (Å²) >= 11 is 0. The van der Waals surface area contributed by atoms with Crippen LogP contribution in [0.2, 0.25) is 0 Å². The molecule has 0 unspecified atom stereocenters. The Morgan fingerprint density at radius 2 is 1.95 bits per heavy atom. The van der Waals surface area contributed by atoms with E-state index in [-0.39, 0.29) is 19.8 Å². The van der Waals surface area contributed by atoms with Crippen LogP contribution in [0.5, 0.6) is 0 Å². The van der Waals surface area contributed by atoms with E-state index >= 15 is 0 Å². The van der Waals surface area contributed by atoms with E-state index in [2.05, 4.69) is 25.4 Å². The van der Waals surface area contributed by atoms with Gasteiger partial charge in [0.05, 0.1) is 6.61 Å². The number of aromatic nitrogens is 2.